The van der Waals surface area contributed by atoms with Crippen LogP contribution in [-0.4, -0.2) is 4.92 Å². The largest absolute Gasteiger partial charge is 0.355 e. The predicted octanol–water partition coefficient (Wildman–Crippen LogP) is 6.65. The molecule has 4 heteroatoms. The number of nitrogens with one attached hydrogen (secondary N) is 1. The molecule has 0 bridgehead atoms. The number of anilines is 2. The van der Waals surface area contributed by atoms with Crippen molar-refractivity contribution in [1.82, 2.24) is 0 Å². The van der Waals surface area contributed by atoms with E-state index in [1.54, 1.807) is 18.2 Å². The SMILES string of the molecule is O=[N+]([O-])c1ccccc1-c1ccc2c(c1)-c1ccccc1-c1ccccc1N2. The van der Waals surface area contributed by atoms with Crippen LogP contribution >= 0.6 is 0 Å². The molecule has 28 heavy (non-hydrogen) atoms. The zero-order chi connectivity index (χ0) is 19.1. The van der Waals surface area contributed by atoms with Crippen LogP contribution in [0.5, 0.6) is 0 Å². The summed E-state index contributed by atoms with van der Waals surface area (Å²) in [5.74, 6) is 0. The van der Waals surface area contributed by atoms with Gasteiger partial charge in [-0.15, -0.1) is 0 Å². The van der Waals surface area contributed by atoms with Gasteiger partial charge in [-0.25, -0.2) is 0 Å². The van der Waals surface area contributed by atoms with E-state index in [1.807, 2.05) is 48.5 Å². The highest BCUT2D eigenvalue weighted by Gasteiger charge is 2.20. The average molecular weight is 364 g/mol. The Labute approximate surface area is 162 Å². The van der Waals surface area contributed by atoms with E-state index in [0.717, 1.165) is 39.2 Å². The number of hydrogen-bond donors (Lipinski definition) is 1. The van der Waals surface area contributed by atoms with Crippen LogP contribution in [0.2, 0.25) is 0 Å². The second-order valence-corrected chi connectivity index (χ2v) is 6.75. The van der Waals surface area contributed by atoms with Crippen LogP contribution in [-0.2, 0) is 0 Å². The smallest absolute Gasteiger partial charge is 0.277 e. The molecule has 0 saturated heterocycles. The van der Waals surface area contributed by atoms with Crippen molar-refractivity contribution in [3.63, 3.8) is 0 Å². The maximum Gasteiger partial charge on any atom is 0.277 e. The van der Waals surface area contributed by atoms with Gasteiger partial charge in [-0.1, -0.05) is 60.7 Å². The molecule has 0 amide bonds. The standard InChI is InChI=1S/C24H16N2O2/c27-26(28)24-12-6-4-7-17(24)16-13-14-23-21(15-16)19-9-2-1-8-18(19)20-10-3-5-11-22(20)25-23/h1-15,25H. The molecule has 0 atom stereocenters. The molecule has 0 aliphatic carbocycles. The van der Waals surface area contributed by atoms with Gasteiger partial charge in [0.2, 0.25) is 0 Å². The molecule has 4 nitrogen and oxygen atoms in total. The Kier molecular flexibility index (Phi) is 3.69. The number of benzene rings is 4. The molecule has 0 aromatic heterocycles. The van der Waals surface area contributed by atoms with E-state index in [1.165, 1.54) is 0 Å². The lowest BCUT2D eigenvalue weighted by Gasteiger charge is -2.12. The highest BCUT2D eigenvalue weighted by atomic mass is 16.6. The highest BCUT2D eigenvalue weighted by Crippen LogP contribution is 2.45. The molecule has 1 aliphatic heterocycles. The fraction of sp³-hybridized carbons (Fsp3) is 0. The molecule has 0 spiro atoms. The Balaban J connectivity index is 1.77. The zero-order valence-electron chi connectivity index (χ0n) is 14.9. The summed E-state index contributed by atoms with van der Waals surface area (Å²) in [5.41, 5.74) is 8.01. The van der Waals surface area contributed by atoms with Crippen molar-refractivity contribution in [2.75, 3.05) is 5.32 Å². The van der Waals surface area contributed by atoms with E-state index < -0.39 is 0 Å². The van der Waals surface area contributed by atoms with Gasteiger partial charge in [-0.3, -0.25) is 10.1 Å². The second kappa shape index (κ2) is 6.35. The number of fused-ring (bicyclic) bond motifs is 5. The fourth-order valence-corrected chi connectivity index (χ4v) is 3.85. The third kappa shape index (κ3) is 2.55. The molecule has 1 aliphatic rings. The minimum atomic E-state index is -0.330. The summed E-state index contributed by atoms with van der Waals surface area (Å²) in [4.78, 5) is 11.1. The lowest BCUT2D eigenvalue weighted by molar-refractivity contribution is -0.384. The molecule has 1 heterocycles. The first kappa shape index (κ1) is 16.3. The minimum Gasteiger partial charge on any atom is -0.355 e. The number of nitro benzene ring substituents is 1. The van der Waals surface area contributed by atoms with Gasteiger partial charge < -0.3 is 5.32 Å². The molecule has 1 N–H and O–H groups in total. The normalized spacial score (nSPS) is 11.4. The van der Waals surface area contributed by atoms with E-state index in [0.29, 0.717) is 5.56 Å². The van der Waals surface area contributed by atoms with Crippen molar-refractivity contribution in [3.8, 4) is 33.4 Å². The highest BCUT2D eigenvalue weighted by molar-refractivity contribution is 5.99. The van der Waals surface area contributed by atoms with Crippen LogP contribution in [0.25, 0.3) is 33.4 Å². The molecule has 134 valence electrons. The topological polar surface area (TPSA) is 55.2 Å². The second-order valence-electron chi connectivity index (χ2n) is 6.75. The van der Waals surface area contributed by atoms with Crippen LogP contribution in [0.3, 0.4) is 0 Å². The fourth-order valence-electron chi connectivity index (χ4n) is 3.85. The minimum absolute atomic E-state index is 0.112. The number of hydrogen-bond acceptors (Lipinski definition) is 3. The maximum absolute atomic E-state index is 11.5. The van der Waals surface area contributed by atoms with Gasteiger partial charge in [0.1, 0.15) is 0 Å². The summed E-state index contributed by atoms with van der Waals surface area (Å²) in [5, 5.41) is 15.0. The van der Waals surface area contributed by atoms with Crippen molar-refractivity contribution in [3.05, 3.63) is 101 Å². The lowest BCUT2D eigenvalue weighted by Crippen LogP contribution is -1.94. The summed E-state index contributed by atoms with van der Waals surface area (Å²) >= 11 is 0. The number of nitrogens with zero attached hydrogens (tertiary/aromatic N) is 1. The molecule has 4 aromatic carbocycles. The van der Waals surface area contributed by atoms with Crippen LogP contribution < -0.4 is 5.32 Å². The number of para-hydroxylation sites is 2. The average Bonchev–Trinajstić information content (AvgIpc) is 2.88. The van der Waals surface area contributed by atoms with E-state index in [2.05, 4.69) is 29.6 Å². The van der Waals surface area contributed by atoms with E-state index >= 15 is 0 Å². The third-order valence-electron chi connectivity index (χ3n) is 5.14. The molecule has 0 saturated carbocycles. The molecule has 0 radical (unpaired) electrons. The Morgan fingerprint density at radius 1 is 0.607 bits per heavy atom. The molecule has 5 rings (SSSR count). The van der Waals surface area contributed by atoms with Crippen molar-refractivity contribution in [1.29, 1.82) is 0 Å². The molecule has 0 fully saturated rings. The summed E-state index contributed by atoms with van der Waals surface area (Å²) in [7, 11) is 0. The molecule has 4 aromatic rings. The quantitative estimate of drug-likeness (QED) is 0.282. The van der Waals surface area contributed by atoms with Gasteiger partial charge >= 0.3 is 0 Å². The van der Waals surface area contributed by atoms with Crippen molar-refractivity contribution < 1.29 is 4.92 Å². The third-order valence-corrected chi connectivity index (χ3v) is 5.14. The van der Waals surface area contributed by atoms with E-state index in [9.17, 15) is 10.1 Å². The van der Waals surface area contributed by atoms with Crippen LogP contribution in [0.15, 0.2) is 91.0 Å². The van der Waals surface area contributed by atoms with Crippen LogP contribution in [0, 0.1) is 10.1 Å². The Morgan fingerprint density at radius 2 is 1.18 bits per heavy atom. The van der Waals surface area contributed by atoms with Crippen molar-refractivity contribution in [2.24, 2.45) is 0 Å². The molecular formula is C24H16N2O2. The first-order chi connectivity index (χ1) is 13.7. The first-order valence-electron chi connectivity index (χ1n) is 9.06. The Hall–Kier alpha value is -3.92. The van der Waals surface area contributed by atoms with Gasteiger partial charge in [0.25, 0.3) is 5.69 Å². The van der Waals surface area contributed by atoms with Gasteiger partial charge in [0.15, 0.2) is 0 Å². The zero-order valence-corrected chi connectivity index (χ0v) is 14.9. The van der Waals surface area contributed by atoms with Crippen molar-refractivity contribution >= 4 is 17.1 Å². The Bertz CT molecular complexity index is 1230. The van der Waals surface area contributed by atoms with Gasteiger partial charge in [0.05, 0.1) is 10.5 Å². The Morgan fingerprint density at radius 3 is 1.93 bits per heavy atom. The first-order valence-corrected chi connectivity index (χ1v) is 9.06. The predicted molar refractivity (Wildman–Crippen MR) is 113 cm³/mol. The van der Waals surface area contributed by atoms with E-state index in [4.69, 9.17) is 0 Å². The molecular weight excluding hydrogens is 348 g/mol. The van der Waals surface area contributed by atoms with Gasteiger partial charge in [-0.05, 0) is 41.0 Å². The summed E-state index contributed by atoms with van der Waals surface area (Å²) < 4.78 is 0. The van der Waals surface area contributed by atoms with E-state index in [-0.39, 0.29) is 10.6 Å². The lowest BCUT2D eigenvalue weighted by atomic mass is 9.92. The van der Waals surface area contributed by atoms with Gasteiger partial charge in [-0.2, -0.15) is 0 Å². The van der Waals surface area contributed by atoms with Crippen LogP contribution in [0.4, 0.5) is 17.1 Å². The molecule has 0 unspecified atom stereocenters. The summed E-state index contributed by atoms with van der Waals surface area (Å²) in [6.45, 7) is 0. The summed E-state index contributed by atoms with van der Waals surface area (Å²) in [6.07, 6.45) is 0. The maximum atomic E-state index is 11.5. The van der Waals surface area contributed by atoms with Crippen LogP contribution in [0.1, 0.15) is 0 Å². The number of nitro groups is 1. The summed E-state index contributed by atoms with van der Waals surface area (Å²) in [6, 6.07) is 29.3. The number of rotatable bonds is 2. The van der Waals surface area contributed by atoms with Crippen molar-refractivity contribution in [2.45, 2.75) is 0 Å². The monoisotopic (exact) mass is 364 g/mol. The van der Waals surface area contributed by atoms with Gasteiger partial charge in [0, 0.05) is 28.6 Å².